The minimum atomic E-state index is -1.34. The molecule has 0 unspecified atom stereocenters. The molecule has 0 aromatic rings. The van der Waals surface area contributed by atoms with E-state index in [0.717, 1.165) is 0 Å². The van der Waals surface area contributed by atoms with Crippen molar-refractivity contribution in [3.8, 4) is 0 Å². The molecule has 0 heterocycles. The first-order chi connectivity index (χ1) is 3.68. The average molecular weight is 137 g/mol. The zero-order chi connectivity index (χ0) is 6.57. The maximum Gasteiger partial charge on any atom is 0.467 e. The van der Waals surface area contributed by atoms with Crippen molar-refractivity contribution in [2.75, 3.05) is 6.54 Å². The van der Waals surface area contributed by atoms with Crippen LogP contribution >= 0.6 is 11.8 Å². The molecule has 0 rings (SSSR count). The van der Waals surface area contributed by atoms with Crippen molar-refractivity contribution in [1.29, 1.82) is 0 Å². The van der Waals surface area contributed by atoms with Gasteiger partial charge in [0.15, 0.2) is 0 Å². The van der Waals surface area contributed by atoms with Gasteiger partial charge >= 0.3 is 6.09 Å². The van der Waals surface area contributed by atoms with Crippen LogP contribution in [0.4, 0.5) is 4.79 Å². The summed E-state index contributed by atoms with van der Waals surface area (Å²) in [6, 6.07) is 0. The van der Waals surface area contributed by atoms with E-state index < -0.39 is 6.09 Å². The third-order valence-electron chi connectivity index (χ3n) is 0.618. The predicted octanol–water partition coefficient (Wildman–Crippen LogP) is 1.40. The molecule has 0 spiro atoms. The Kier molecular flexibility index (Phi) is 3.35. The second kappa shape index (κ2) is 3.55. The van der Waals surface area contributed by atoms with E-state index in [4.69, 9.17) is 11.8 Å². The molecule has 0 N–H and O–H groups in total. The van der Waals surface area contributed by atoms with Gasteiger partial charge in [0.05, 0.1) is 0 Å². The van der Waals surface area contributed by atoms with Crippen LogP contribution in [0.15, 0.2) is 0 Å². The number of amides is 1. The lowest BCUT2D eigenvalue weighted by Gasteiger charge is -2.02. The lowest BCUT2D eigenvalue weighted by atomic mass is 10.5. The molecule has 1 amide bonds. The maximum atomic E-state index is 9.77. The molecular weight excluding hydrogens is 130 g/mol. The standard InChI is InChI=1S/C4H7ClNO2/c1-2-3-6(5)4(7)8/h2-3H2,1H3. The van der Waals surface area contributed by atoms with Gasteiger partial charge in [0.2, 0.25) is 0 Å². The number of hydrogen-bond donors (Lipinski definition) is 0. The van der Waals surface area contributed by atoms with Crippen molar-refractivity contribution in [2.24, 2.45) is 0 Å². The molecule has 0 aromatic heterocycles. The summed E-state index contributed by atoms with van der Waals surface area (Å²) in [5.74, 6) is 0. The number of halogens is 1. The van der Waals surface area contributed by atoms with Crippen LogP contribution in [0.25, 0.3) is 0 Å². The molecule has 8 heavy (non-hydrogen) atoms. The Morgan fingerprint density at radius 1 is 1.75 bits per heavy atom. The van der Waals surface area contributed by atoms with Crippen LogP contribution in [0.5, 0.6) is 0 Å². The summed E-state index contributed by atoms with van der Waals surface area (Å²) in [4.78, 5) is 9.77. The summed E-state index contributed by atoms with van der Waals surface area (Å²) in [5, 5.41) is 9.77. The fourth-order valence-corrected chi connectivity index (χ4v) is 0.457. The summed E-state index contributed by atoms with van der Waals surface area (Å²) < 4.78 is 0.625. The van der Waals surface area contributed by atoms with Crippen LogP contribution < -0.4 is 0 Å². The van der Waals surface area contributed by atoms with Crippen LogP contribution in [-0.2, 0) is 5.11 Å². The molecule has 0 aliphatic rings. The number of hydrogen-bond acceptors (Lipinski definition) is 1. The summed E-state index contributed by atoms with van der Waals surface area (Å²) in [7, 11) is 0. The lowest BCUT2D eigenvalue weighted by Crippen LogP contribution is -2.18. The first-order valence-corrected chi connectivity index (χ1v) is 2.66. The van der Waals surface area contributed by atoms with Crippen molar-refractivity contribution in [1.82, 2.24) is 4.42 Å². The molecular formula is C4H7ClNO2. The van der Waals surface area contributed by atoms with Crippen LogP contribution in [0.1, 0.15) is 13.3 Å². The second-order valence-electron chi connectivity index (χ2n) is 1.35. The zero-order valence-electron chi connectivity index (χ0n) is 4.56. The Hall–Kier alpha value is -0.440. The first kappa shape index (κ1) is 7.56. The molecule has 1 radical (unpaired) electrons. The number of carbonyl (C=O) groups excluding carboxylic acids is 1. The smallest absolute Gasteiger partial charge is 0.219 e. The Morgan fingerprint density at radius 2 is 2.25 bits per heavy atom. The molecule has 47 valence electrons. The Balaban J connectivity index is 3.32. The topological polar surface area (TPSA) is 40.2 Å². The van der Waals surface area contributed by atoms with Crippen LogP contribution in [0, 0.1) is 0 Å². The number of nitrogens with zero attached hydrogens (tertiary/aromatic N) is 1. The number of rotatable bonds is 2. The molecule has 0 atom stereocenters. The normalized spacial score (nSPS) is 8.75. The van der Waals surface area contributed by atoms with Gasteiger partial charge < -0.3 is 0 Å². The van der Waals surface area contributed by atoms with Crippen molar-refractivity contribution in [2.45, 2.75) is 13.3 Å². The fraction of sp³-hybridized carbons (Fsp3) is 0.750. The summed E-state index contributed by atoms with van der Waals surface area (Å²) >= 11 is 5.09. The second-order valence-corrected chi connectivity index (χ2v) is 1.76. The number of carbonyl (C=O) groups is 1. The Morgan fingerprint density at radius 3 is 2.38 bits per heavy atom. The zero-order valence-corrected chi connectivity index (χ0v) is 5.31. The molecule has 3 nitrogen and oxygen atoms in total. The maximum absolute atomic E-state index is 9.77. The van der Waals surface area contributed by atoms with Gasteiger partial charge in [-0.1, -0.05) is 6.92 Å². The molecule has 0 aliphatic carbocycles. The van der Waals surface area contributed by atoms with E-state index in [1.807, 2.05) is 6.92 Å². The minimum absolute atomic E-state index is 0.323. The highest BCUT2D eigenvalue weighted by Gasteiger charge is 2.06. The molecule has 0 aliphatic heterocycles. The largest absolute Gasteiger partial charge is 0.467 e. The Labute approximate surface area is 53.0 Å². The molecule has 0 bridgehead atoms. The third-order valence-corrected chi connectivity index (χ3v) is 0.925. The quantitative estimate of drug-likeness (QED) is 0.529. The van der Waals surface area contributed by atoms with Gasteiger partial charge in [0.25, 0.3) is 0 Å². The van der Waals surface area contributed by atoms with Gasteiger partial charge in [-0.15, -0.1) is 0 Å². The van der Waals surface area contributed by atoms with E-state index in [9.17, 15) is 9.90 Å². The van der Waals surface area contributed by atoms with Gasteiger partial charge in [0.1, 0.15) is 0 Å². The lowest BCUT2D eigenvalue weighted by molar-refractivity contribution is 0.147. The van der Waals surface area contributed by atoms with E-state index in [1.54, 1.807) is 0 Å². The average Bonchev–Trinajstić information content (AvgIpc) is 1.67. The Bertz CT molecular complexity index is 86.1. The van der Waals surface area contributed by atoms with Gasteiger partial charge in [0, 0.05) is 18.3 Å². The van der Waals surface area contributed by atoms with E-state index in [0.29, 0.717) is 17.4 Å². The highest BCUT2D eigenvalue weighted by molar-refractivity contribution is 6.19. The van der Waals surface area contributed by atoms with Crippen LogP contribution in [0.3, 0.4) is 0 Å². The van der Waals surface area contributed by atoms with Crippen LogP contribution in [0.2, 0.25) is 0 Å². The monoisotopic (exact) mass is 136 g/mol. The summed E-state index contributed by atoms with van der Waals surface area (Å²) in [5.41, 5.74) is 0. The third kappa shape index (κ3) is 2.69. The van der Waals surface area contributed by atoms with Gasteiger partial charge in [-0.2, -0.15) is 0 Å². The van der Waals surface area contributed by atoms with Gasteiger partial charge in [-0.25, -0.2) is 14.3 Å². The van der Waals surface area contributed by atoms with Gasteiger partial charge in [-0.3, -0.25) is 0 Å². The van der Waals surface area contributed by atoms with Crippen molar-refractivity contribution in [3.05, 3.63) is 0 Å². The van der Waals surface area contributed by atoms with Crippen molar-refractivity contribution >= 4 is 17.9 Å². The van der Waals surface area contributed by atoms with E-state index in [1.165, 1.54) is 0 Å². The molecule has 0 aromatic carbocycles. The van der Waals surface area contributed by atoms with E-state index in [2.05, 4.69) is 0 Å². The highest BCUT2D eigenvalue weighted by Crippen LogP contribution is 1.95. The SMILES string of the molecule is CCCN(Cl)C([O])=O. The minimum Gasteiger partial charge on any atom is -0.219 e. The summed E-state index contributed by atoms with van der Waals surface area (Å²) in [6.45, 7) is 2.15. The predicted molar refractivity (Wildman–Crippen MR) is 28.9 cm³/mol. The first-order valence-electron chi connectivity index (χ1n) is 2.32. The van der Waals surface area contributed by atoms with Gasteiger partial charge in [-0.05, 0) is 6.42 Å². The molecule has 0 saturated heterocycles. The van der Waals surface area contributed by atoms with E-state index in [-0.39, 0.29) is 0 Å². The molecule has 0 fully saturated rings. The van der Waals surface area contributed by atoms with Crippen LogP contribution in [-0.4, -0.2) is 17.1 Å². The summed E-state index contributed by atoms with van der Waals surface area (Å²) in [6.07, 6.45) is -0.634. The molecule has 0 saturated carbocycles. The van der Waals surface area contributed by atoms with Crippen molar-refractivity contribution < 1.29 is 9.90 Å². The fourth-order valence-electron chi connectivity index (χ4n) is 0.288. The highest BCUT2D eigenvalue weighted by atomic mass is 35.5. The molecule has 4 heteroatoms. The van der Waals surface area contributed by atoms with E-state index >= 15 is 0 Å². The van der Waals surface area contributed by atoms with Crippen molar-refractivity contribution in [3.63, 3.8) is 0 Å².